The van der Waals surface area contributed by atoms with Gasteiger partial charge in [0, 0.05) is 15.7 Å². The topological polar surface area (TPSA) is 85.9 Å². The molecule has 25 heavy (non-hydrogen) atoms. The molecule has 0 aromatic heterocycles. The zero-order chi connectivity index (χ0) is 18.2. The van der Waals surface area contributed by atoms with Gasteiger partial charge in [-0.3, -0.25) is 4.79 Å². The van der Waals surface area contributed by atoms with E-state index in [2.05, 4.69) is 21.2 Å². The first-order valence-electron chi connectivity index (χ1n) is 7.32. The highest BCUT2D eigenvalue weighted by Crippen LogP contribution is 2.26. The number of amides is 1. The summed E-state index contributed by atoms with van der Waals surface area (Å²) < 4.78 is 6.10. The zero-order valence-electron chi connectivity index (χ0n) is 13.4. The summed E-state index contributed by atoms with van der Waals surface area (Å²) in [5.74, 6) is -0.0971. The van der Waals surface area contributed by atoms with E-state index in [1.165, 1.54) is 6.08 Å². The van der Waals surface area contributed by atoms with Crippen LogP contribution in [-0.2, 0) is 4.79 Å². The van der Waals surface area contributed by atoms with Crippen LogP contribution in [0, 0.1) is 29.6 Å². The molecule has 0 heterocycles. The van der Waals surface area contributed by atoms with Crippen LogP contribution in [0.15, 0.2) is 52.5 Å². The van der Waals surface area contributed by atoms with Gasteiger partial charge in [-0.1, -0.05) is 28.1 Å². The SMILES string of the molecule is Cc1cccc(NC(=O)/C(C#N)=C/c2cc(Br)ccc2OCC#N)c1. The first-order chi connectivity index (χ1) is 12.0. The smallest absolute Gasteiger partial charge is 0.266 e. The lowest BCUT2D eigenvalue weighted by molar-refractivity contribution is -0.112. The van der Waals surface area contributed by atoms with E-state index >= 15 is 0 Å². The van der Waals surface area contributed by atoms with Crippen molar-refractivity contribution in [2.45, 2.75) is 6.92 Å². The Hall–Kier alpha value is -3.09. The molecule has 0 radical (unpaired) electrons. The number of anilines is 1. The first-order valence-corrected chi connectivity index (χ1v) is 8.12. The van der Waals surface area contributed by atoms with E-state index in [9.17, 15) is 10.1 Å². The third-order valence-corrected chi connectivity index (χ3v) is 3.70. The molecule has 0 aliphatic rings. The normalized spacial score (nSPS) is 10.5. The molecular weight excluding hydrogens is 382 g/mol. The van der Waals surface area contributed by atoms with Crippen molar-refractivity contribution in [1.82, 2.24) is 0 Å². The summed E-state index contributed by atoms with van der Waals surface area (Å²) in [6.07, 6.45) is 1.43. The Morgan fingerprint density at radius 2 is 2.08 bits per heavy atom. The molecular formula is C19H14BrN3O2. The molecule has 6 heteroatoms. The summed E-state index contributed by atoms with van der Waals surface area (Å²) in [4.78, 5) is 12.4. The number of hydrogen-bond donors (Lipinski definition) is 1. The molecule has 0 atom stereocenters. The fourth-order valence-corrected chi connectivity index (χ4v) is 2.48. The van der Waals surface area contributed by atoms with Crippen LogP contribution in [0.3, 0.4) is 0 Å². The predicted molar refractivity (Wildman–Crippen MR) is 98.6 cm³/mol. The van der Waals surface area contributed by atoms with E-state index in [0.717, 1.165) is 10.0 Å². The maximum atomic E-state index is 12.4. The molecule has 0 spiro atoms. The van der Waals surface area contributed by atoms with Gasteiger partial charge in [0.05, 0.1) is 0 Å². The summed E-state index contributed by atoms with van der Waals surface area (Å²) in [7, 11) is 0. The van der Waals surface area contributed by atoms with Crippen molar-refractivity contribution >= 4 is 33.6 Å². The Morgan fingerprint density at radius 1 is 1.28 bits per heavy atom. The predicted octanol–water partition coefficient (Wildman–Crippen LogP) is 4.21. The lowest BCUT2D eigenvalue weighted by Crippen LogP contribution is -2.13. The third-order valence-electron chi connectivity index (χ3n) is 3.20. The number of nitrogens with zero attached hydrogens (tertiary/aromatic N) is 2. The lowest BCUT2D eigenvalue weighted by atomic mass is 10.1. The molecule has 2 aromatic carbocycles. The number of carbonyl (C=O) groups excluding carboxylic acids is 1. The Bertz CT molecular complexity index is 908. The molecule has 5 nitrogen and oxygen atoms in total. The van der Waals surface area contributed by atoms with Crippen LogP contribution in [0.4, 0.5) is 5.69 Å². The maximum absolute atomic E-state index is 12.4. The Morgan fingerprint density at radius 3 is 2.76 bits per heavy atom. The van der Waals surface area contributed by atoms with E-state index < -0.39 is 5.91 Å². The molecule has 1 amide bonds. The monoisotopic (exact) mass is 395 g/mol. The number of nitrogens with one attached hydrogen (secondary N) is 1. The van der Waals surface area contributed by atoms with Gasteiger partial charge >= 0.3 is 0 Å². The Balaban J connectivity index is 2.30. The van der Waals surface area contributed by atoms with Gasteiger partial charge in [0.1, 0.15) is 23.5 Å². The molecule has 0 bridgehead atoms. The Labute approximate surface area is 154 Å². The van der Waals surface area contributed by atoms with E-state index in [4.69, 9.17) is 10.00 Å². The highest BCUT2D eigenvalue weighted by Gasteiger charge is 2.12. The van der Waals surface area contributed by atoms with Crippen molar-refractivity contribution < 1.29 is 9.53 Å². The van der Waals surface area contributed by atoms with Crippen molar-refractivity contribution in [2.24, 2.45) is 0 Å². The number of hydrogen-bond acceptors (Lipinski definition) is 4. The van der Waals surface area contributed by atoms with Crippen LogP contribution in [0.25, 0.3) is 6.08 Å². The minimum absolute atomic E-state index is 0.0681. The number of ether oxygens (including phenoxy) is 1. The van der Waals surface area contributed by atoms with Crippen LogP contribution in [0.2, 0.25) is 0 Å². The molecule has 2 aromatic rings. The van der Waals surface area contributed by atoms with Crippen molar-refractivity contribution in [3.63, 3.8) is 0 Å². The molecule has 0 aliphatic heterocycles. The number of aryl methyl sites for hydroxylation is 1. The molecule has 2 rings (SSSR count). The summed E-state index contributed by atoms with van der Waals surface area (Å²) >= 11 is 3.34. The summed E-state index contributed by atoms with van der Waals surface area (Å²) in [5.41, 5.74) is 2.07. The van der Waals surface area contributed by atoms with Crippen LogP contribution in [0.1, 0.15) is 11.1 Å². The Kier molecular flexibility index (Phi) is 6.33. The fourth-order valence-electron chi connectivity index (χ4n) is 2.10. The second kappa shape index (κ2) is 8.68. The molecule has 0 aliphatic carbocycles. The molecule has 1 N–H and O–H groups in total. The average Bonchev–Trinajstić information content (AvgIpc) is 2.58. The lowest BCUT2D eigenvalue weighted by Gasteiger charge is -2.08. The van der Waals surface area contributed by atoms with Gasteiger partial charge in [-0.15, -0.1) is 0 Å². The number of benzene rings is 2. The summed E-state index contributed by atoms with van der Waals surface area (Å²) in [5, 5.41) is 20.7. The van der Waals surface area contributed by atoms with Crippen LogP contribution in [-0.4, -0.2) is 12.5 Å². The van der Waals surface area contributed by atoms with Gasteiger partial charge in [-0.2, -0.15) is 10.5 Å². The maximum Gasteiger partial charge on any atom is 0.266 e. The van der Waals surface area contributed by atoms with Gasteiger partial charge in [0.25, 0.3) is 5.91 Å². The van der Waals surface area contributed by atoms with E-state index in [-0.39, 0.29) is 12.2 Å². The number of carbonyl (C=O) groups is 1. The minimum atomic E-state index is -0.515. The van der Waals surface area contributed by atoms with Crippen LogP contribution in [0.5, 0.6) is 5.75 Å². The molecule has 0 saturated heterocycles. The number of rotatable bonds is 5. The van der Waals surface area contributed by atoms with Crippen LogP contribution >= 0.6 is 15.9 Å². The van der Waals surface area contributed by atoms with Crippen molar-refractivity contribution in [3.05, 3.63) is 63.6 Å². The van der Waals surface area contributed by atoms with Crippen LogP contribution < -0.4 is 10.1 Å². The summed E-state index contributed by atoms with van der Waals surface area (Å²) in [6.45, 7) is 1.79. The largest absolute Gasteiger partial charge is 0.478 e. The fraction of sp³-hybridized carbons (Fsp3) is 0.105. The second-order valence-corrected chi connectivity index (χ2v) is 6.04. The number of nitriles is 2. The van der Waals surface area contributed by atoms with Crippen molar-refractivity contribution in [1.29, 1.82) is 10.5 Å². The van der Waals surface area contributed by atoms with E-state index in [1.807, 2.05) is 37.3 Å². The van der Waals surface area contributed by atoms with Gasteiger partial charge in [-0.05, 0) is 48.9 Å². The molecule has 0 fully saturated rings. The molecule has 0 unspecified atom stereocenters. The summed E-state index contributed by atoms with van der Waals surface area (Å²) in [6, 6.07) is 16.2. The standard InChI is InChI=1S/C19H14BrN3O2/c1-13-3-2-4-17(9-13)23-19(24)15(12-22)10-14-11-16(20)5-6-18(14)25-8-7-21/h2-6,9-11H,8H2,1H3,(H,23,24)/b15-10+. The van der Waals surface area contributed by atoms with Crippen molar-refractivity contribution in [2.75, 3.05) is 11.9 Å². The number of halogens is 1. The quantitative estimate of drug-likeness (QED) is 0.606. The third kappa shape index (κ3) is 5.20. The van der Waals surface area contributed by atoms with Crippen molar-refractivity contribution in [3.8, 4) is 17.9 Å². The highest BCUT2D eigenvalue weighted by molar-refractivity contribution is 9.10. The van der Waals surface area contributed by atoms with Gasteiger partial charge < -0.3 is 10.1 Å². The average molecular weight is 396 g/mol. The molecule has 124 valence electrons. The van der Waals surface area contributed by atoms with E-state index in [0.29, 0.717) is 17.0 Å². The van der Waals surface area contributed by atoms with Gasteiger partial charge in [0.15, 0.2) is 6.61 Å². The van der Waals surface area contributed by atoms with E-state index in [1.54, 1.807) is 24.3 Å². The molecule has 0 saturated carbocycles. The van der Waals surface area contributed by atoms with Gasteiger partial charge in [-0.25, -0.2) is 0 Å². The first kappa shape index (κ1) is 18.3. The highest BCUT2D eigenvalue weighted by atomic mass is 79.9. The van der Waals surface area contributed by atoms with Gasteiger partial charge in [0.2, 0.25) is 0 Å². The minimum Gasteiger partial charge on any atom is -0.478 e. The zero-order valence-corrected chi connectivity index (χ0v) is 15.0. The second-order valence-electron chi connectivity index (χ2n) is 5.12.